The second-order valence-corrected chi connectivity index (χ2v) is 6.62. The highest BCUT2D eigenvalue weighted by Crippen LogP contribution is 2.47. The number of hydrogen-bond acceptors (Lipinski definition) is 4. The quantitative estimate of drug-likeness (QED) is 0.773. The Morgan fingerprint density at radius 3 is 2.89 bits per heavy atom. The van der Waals surface area contributed by atoms with E-state index >= 15 is 0 Å². The van der Waals surface area contributed by atoms with Gasteiger partial charge in [0, 0.05) is 25.4 Å². The van der Waals surface area contributed by atoms with E-state index < -0.39 is 5.82 Å². The zero-order valence-electron chi connectivity index (χ0n) is 14.6. The zero-order valence-corrected chi connectivity index (χ0v) is 14.6. The molecule has 134 valence electrons. The minimum absolute atomic E-state index is 0.0211. The van der Waals surface area contributed by atoms with Crippen molar-refractivity contribution in [2.45, 2.75) is 12.3 Å². The fourth-order valence-corrected chi connectivity index (χ4v) is 3.17. The van der Waals surface area contributed by atoms with Crippen LogP contribution >= 0.6 is 0 Å². The molecule has 2 heterocycles. The maximum Gasteiger partial charge on any atom is 0.229 e. The fraction of sp³-hybridized carbons (Fsp3) is 0.200. The number of amides is 1. The van der Waals surface area contributed by atoms with Gasteiger partial charge in [0.15, 0.2) is 0 Å². The molecule has 1 aliphatic rings. The summed E-state index contributed by atoms with van der Waals surface area (Å²) >= 11 is 0. The molecule has 0 unspecified atom stereocenters. The van der Waals surface area contributed by atoms with Crippen molar-refractivity contribution in [2.75, 3.05) is 5.32 Å². The summed E-state index contributed by atoms with van der Waals surface area (Å²) in [6.45, 7) is 0. The van der Waals surface area contributed by atoms with E-state index in [9.17, 15) is 9.18 Å². The maximum absolute atomic E-state index is 13.5. The average Bonchev–Trinajstić information content (AvgIpc) is 3.36. The average molecular weight is 361 g/mol. The van der Waals surface area contributed by atoms with Crippen molar-refractivity contribution in [1.82, 2.24) is 14.8 Å². The molecule has 7 heteroatoms. The number of nitrogens with zero attached hydrogens (tertiary/aromatic N) is 4. The van der Waals surface area contributed by atoms with Crippen molar-refractivity contribution in [3.63, 3.8) is 0 Å². The zero-order chi connectivity index (χ0) is 19.0. The van der Waals surface area contributed by atoms with Gasteiger partial charge in [-0.3, -0.25) is 9.48 Å². The SMILES string of the molecule is Cn1cc([C@@H]2C[C@H]2C(=O)Nc2cc(-c3ccc(F)c(C#N)c3)ccn2)cn1. The van der Waals surface area contributed by atoms with Crippen LogP contribution in [-0.4, -0.2) is 20.7 Å². The minimum atomic E-state index is -0.556. The van der Waals surface area contributed by atoms with E-state index in [1.807, 2.05) is 19.3 Å². The monoisotopic (exact) mass is 361 g/mol. The molecule has 1 N–H and O–H groups in total. The van der Waals surface area contributed by atoms with Crippen molar-refractivity contribution in [1.29, 1.82) is 5.26 Å². The first-order valence-corrected chi connectivity index (χ1v) is 8.50. The Hall–Kier alpha value is -3.53. The largest absolute Gasteiger partial charge is 0.310 e. The Labute approximate surface area is 155 Å². The number of carbonyl (C=O) groups excluding carboxylic acids is 1. The summed E-state index contributed by atoms with van der Waals surface area (Å²) < 4.78 is 15.2. The summed E-state index contributed by atoms with van der Waals surface area (Å²) in [5.74, 6) is -0.102. The van der Waals surface area contributed by atoms with Crippen LogP contribution in [0.4, 0.5) is 10.2 Å². The molecular formula is C20H16FN5O. The van der Waals surface area contributed by atoms with E-state index in [4.69, 9.17) is 5.26 Å². The minimum Gasteiger partial charge on any atom is -0.310 e. The van der Waals surface area contributed by atoms with Gasteiger partial charge in [0.2, 0.25) is 5.91 Å². The lowest BCUT2D eigenvalue weighted by atomic mass is 10.0. The van der Waals surface area contributed by atoms with E-state index in [-0.39, 0.29) is 23.3 Å². The Kier molecular flexibility index (Phi) is 4.16. The third-order valence-corrected chi connectivity index (χ3v) is 4.71. The lowest BCUT2D eigenvalue weighted by Crippen LogP contribution is -2.15. The van der Waals surface area contributed by atoms with E-state index in [0.717, 1.165) is 17.5 Å². The van der Waals surface area contributed by atoms with Crippen LogP contribution in [0.3, 0.4) is 0 Å². The topological polar surface area (TPSA) is 83.6 Å². The molecule has 1 saturated carbocycles. The number of benzene rings is 1. The third-order valence-electron chi connectivity index (χ3n) is 4.71. The molecule has 0 radical (unpaired) electrons. The number of aromatic nitrogens is 3. The number of anilines is 1. The van der Waals surface area contributed by atoms with E-state index in [0.29, 0.717) is 11.4 Å². The highest BCUT2D eigenvalue weighted by molar-refractivity contribution is 5.95. The molecule has 1 aliphatic carbocycles. The molecule has 2 atom stereocenters. The number of halogens is 1. The van der Waals surface area contributed by atoms with Gasteiger partial charge in [0.25, 0.3) is 0 Å². The molecule has 1 fully saturated rings. The fourth-order valence-electron chi connectivity index (χ4n) is 3.17. The number of aryl methyl sites for hydroxylation is 1. The van der Waals surface area contributed by atoms with Crippen LogP contribution in [0.1, 0.15) is 23.5 Å². The molecular weight excluding hydrogens is 345 g/mol. The Balaban J connectivity index is 1.49. The van der Waals surface area contributed by atoms with Gasteiger partial charge in [0.1, 0.15) is 17.7 Å². The molecule has 0 saturated heterocycles. The summed E-state index contributed by atoms with van der Waals surface area (Å²) in [6, 6.07) is 9.63. The van der Waals surface area contributed by atoms with E-state index in [1.54, 1.807) is 35.3 Å². The van der Waals surface area contributed by atoms with Gasteiger partial charge < -0.3 is 5.32 Å². The Morgan fingerprint density at radius 2 is 2.15 bits per heavy atom. The van der Waals surface area contributed by atoms with Crippen molar-refractivity contribution >= 4 is 11.7 Å². The van der Waals surface area contributed by atoms with Crippen LogP contribution in [0.25, 0.3) is 11.1 Å². The van der Waals surface area contributed by atoms with Gasteiger partial charge in [0.05, 0.1) is 11.8 Å². The number of nitriles is 1. The van der Waals surface area contributed by atoms with Gasteiger partial charge in [-0.15, -0.1) is 0 Å². The summed E-state index contributed by atoms with van der Waals surface area (Å²) in [5, 5.41) is 16.0. The highest BCUT2D eigenvalue weighted by atomic mass is 19.1. The first kappa shape index (κ1) is 16.9. The molecule has 1 aromatic carbocycles. The smallest absolute Gasteiger partial charge is 0.229 e. The molecule has 6 nitrogen and oxygen atoms in total. The van der Waals surface area contributed by atoms with Gasteiger partial charge >= 0.3 is 0 Å². The Bertz CT molecular complexity index is 1070. The van der Waals surface area contributed by atoms with Gasteiger partial charge in [-0.1, -0.05) is 6.07 Å². The van der Waals surface area contributed by atoms with Crippen LogP contribution in [0, 0.1) is 23.1 Å². The summed E-state index contributed by atoms with van der Waals surface area (Å²) in [5.41, 5.74) is 2.48. The molecule has 0 bridgehead atoms. The summed E-state index contributed by atoms with van der Waals surface area (Å²) in [6.07, 6.45) is 6.09. The molecule has 27 heavy (non-hydrogen) atoms. The second-order valence-electron chi connectivity index (χ2n) is 6.62. The van der Waals surface area contributed by atoms with Crippen LogP contribution in [0.2, 0.25) is 0 Å². The lowest BCUT2D eigenvalue weighted by molar-refractivity contribution is -0.117. The normalized spacial score (nSPS) is 18.0. The number of pyridine rings is 1. The van der Waals surface area contributed by atoms with Gasteiger partial charge in [-0.25, -0.2) is 9.37 Å². The molecule has 1 amide bonds. The maximum atomic E-state index is 13.5. The predicted octanol–water partition coefficient (Wildman–Crippen LogP) is 3.24. The number of nitrogens with one attached hydrogen (secondary N) is 1. The van der Waals surface area contributed by atoms with E-state index in [1.165, 1.54) is 12.1 Å². The molecule has 0 spiro atoms. The molecule has 3 aromatic rings. The predicted molar refractivity (Wildman–Crippen MR) is 97.0 cm³/mol. The highest BCUT2D eigenvalue weighted by Gasteiger charge is 2.44. The first-order chi connectivity index (χ1) is 13.0. The van der Waals surface area contributed by atoms with Gasteiger partial charge in [-0.05, 0) is 53.3 Å². The van der Waals surface area contributed by atoms with Crippen LogP contribution in [-0.2, 0) is 11.8 Å². The second kappa shape index (κ2) is 6.65. The Morgan fingerprint density at radius 1 is 1.33 bits per heavy atom. The third kappa shape index (κ3) is 3.42. The molecule has 2 aromatic heterocycles. The van der Waals surface area contributed by atoms with Crippen molar-refractivity contribution < 1.29 is 9.18 Å². The van der Waals surface area contributed by atoms with Crippen LogP contribution in [0.15, 0.2) is 48.9 Å². The number of carbonyl (C=O) groups is 1. The van der Waals surface area contributed by atoms with Gasteiger partial charge in [-0.2, -0.15) is 10.4 Å². The van der Waals surface area contributed by atoms with Crippen LogP contribution in [0.5, 0.6) is 0 Å². The van der Waals surface area contributed by atoms with Crippen molar-refractivity contribution in [3.8, 4) is 17.2 Å². The standard InChI is InChI=1S/C20H16FN5O/c1-26-11-15(10-24-26)16-8-17(16)20(27)25-19-7-13(4-5-23-19)12-2-3-18(21)14(6-12)9-22/h2-7,10-11,16-17H,8H2,1H3,(H,23,25,27)/t16-,17+/m0/s1. The first-order valence-electron chi connectivity index (χ1n) is 8.50. The van der Waals surface area contributed by atoms with E-state index in [2.05, 4.69) is 15.4 Å². The summed E-state index contributed by atoms with van der Waals surface area (Å²) in [4.78, 5) is 16.7. The molecule has 0 aliphatic heterocycles. The van der Waals surface area contributed by atoms with Crippen LogP contribution < -0.4 is 5.32 Å². The van der Waals surface area contributed by atoms with Crippen molar-refractivity contribution in [2.24, 2.45) is 13.0 Å². The number of hydrogen-bond donors (Lipinski definition) is 1. The van der Waals surface area contributed by atoms with Crippen molar-refractivity contribution in [3.05, 3.63) is 65.9 Å². The molecule has 4 rings (SSSR count). The summed E-state index contributed by atoms with van der Waals surface area (Å²) in [7, 11) is 1.85. The lowest BCUT2D eigenvalue weighted by Gasteiger charge is -2.07. The number of rotatable bonds is 4.